The molecule has 2 fully saturated rings. The second-order valence-electron chi connectivity index (χ2n) is 13.1. The molecule has 256 valence electrons. The van der Waals surface area contributed by atoms with Crippen LogP contribution in [0.25, 0.3) is 22.0 Å². The number of rotatable bonds is 10. The van der Waals surface area contributed by atoms with Gasteiger partial charge in [0, 0.05) is 68.0 Å². The number of carboxylic acid groups (broad SMARTS) is 1. The summed E-state index contributed by atoms with van der Waals surface area (Å²) in [5.74, 6) is -0.799. The average Bonchev–Trinajstić information content (AvgIpc) is 3.76. The highest BCUT2D eigenvalue weighted by molar-refractivity contribution is 6.36. The molecule has 2 saturated heterocycles. The minimum atomic E-state index is -0.738. The maximum absolute atomic E-state index is 13.2. The molecule has 2 aliphatic rings. The van der Waals surface area contributed by atoms with Gasteiger partial charge in [0.25, 0.3) is 5.91 Å². The zero-order chi connectivity index (χ0) is 34.8. The standard InChI is InChI=1S/C38H38ClN7O4/c1-23-29(30-5-3-7-32(34(30)39)44-37(48)33-9-8-24(17-41-33)19-46-15-12-28(47)22-46)4-2-6-31(23)43-36-35-26(10-13-40-36)16-25(18-42-35)20-45-14-11-27(21-45)38(49)50/h2-10,13,16-18,27-28,47H,11-12,14-15,19-22H2,1H3,(H,40,43)(H,44,48)(H,49,50)/t27-,28-/m1/s1. The summed E-state index contributed by atoms with van der Waals surface area (Å²) in [6.45, 7) is 6.12. The highest BCUT2D eigenvalue weighted by Crippen LogP contribution is 2.38. The first-order valence-corrected chi connectivity index (χ1v) is 17.1. The monoisotopic (exact) mass is 691 g/mol. The van der Waals surface area contributed by atoms with Gasteiger partial charge in [-0.25, -0.2) is 4.98 Å². The number of nitrogens with one attached hydrogen (secondary N) is 2. The van der Waals surface area contributed by atoms with Gasteiger partial charge < -0.3 is 20.8 Å². The van der Waals surface area contributed by atoms with Crippen LogP contribution in [0.4, 0.5) is 17.2 Å². The third kappa shape index (κ3) is 7.31. The molecular formula is C38H38ClN7O4. The number of anilines is 3. The Morgan fingerprint density at radius 1 is 0.880 bits per heavy atom. The number of pyridine rings is 3. The van der Waals surface area contributed by atoms with Crippen molar-refractivity contribution in [2.45, 2.75) is 39.0 Å². The highest BCUT2D eigenvalue weighted by atomic mass is 35.5. The van der Waals surface area contributed by atoms with E-state index in [1.54, 1.807) is 24.5 Å². The molecular weight excluding hydrogens is 654 g/mol. The van der Waals surface area contributed by atoms with Crippen LogP contribution in [-0.2, 0) is 17.9 Å². The molecule has 5 aromatic rings. The number of benzene rings is 2. The van der Waals surface area contributed by atoms with E-state index in [2.05, 4.69) is 36.5 Å². The van der Waals surface area contributed by atoms with Crippen molar-refractivity contribution >= 4 is 51.6 Å². The number of β-amino-alcohol motifs (C(OH)–C–C–N with tert-alkyl or cyclic N) is 1. The minimum Gasteiger partial charge on any atom is -0.481 e. The summed E-state index contributed by atoms with van der Waals surface area (Å²) in [4.78, 5) is 42.6. The van der Waals surface area contributed by atoms with Crippen molar-refractivity contribution in [1.82, 2.24) is 24.8 Å². The smallest absolute Gasteiger partial charge is 0.307 e. The van der Waals surface area contributed by atoms with Crippen LogP contribution in [0, 0.1) is 12.8 Å². The van der Waals surface area contributed by atoms with E-state index in [0.717, 1.165) is 63.9 Å². The predicted octanol–water partition coefficient (Wildman–Crippen LogP) is 6.12. The van der Waals surface area contributed by atoms with E-state index in [1.807, 2.05) is 55.6 Å². The Kier molecular flexibility index (Phi) is 9.73. The molecule has 0 aliphatic carbocycles. The summed E-state index contributed by atoms with van der Waals surface area (Å²) in [7, 11) is 0. The van der Waals surface area contributed by atoms with Gasteiger partial charge in [-0.15, -0.1) is 0 Å². The van der Waals surface area contributed by atoms with Crippen molar-refractivity contribution in [1.29, 1.82) is 0 Å². The molecule has 7 rings (SSSR count). The molecule has 3 aromatic heterocycles. The average molecular weight is 692 g/mol. The van der Waals surface area contributed by atoms with Gasteiger partial charge in [0.15, 0.2) is 5.82 Å². The van der Waals surface area contributed by atoms with Crippen LogP contribution < -0.4 is 10.6 Å². The lowest BCUT2D eigenvalue weighted by molar-refractivity contribution is -0.141. The summed E-state index contributed by atoms with van der Waals surface area (Å²) >= 11 is 6.93. The number of carboxylic acids is 1. The largest absolute Gasteiger partial charge is 0.481 e. The van der Waals surface area contributed by atoms with E-state index in [1.165, 1.54) is 0 Å². The summed E-state index contributed by atoms with van der Waals surface area (Å²) in [5, 5.41) is 26.9. The maximum atomic E-state index is 13.2. The quantitative estimate of drug-likeness (QED) is 0.135. The van der Waals surface area contributed by atoms with Gasteiger partial charge in [-0.2, -0.15) is 0 Å². The number of fused-ring (bicyclic) bond motifs is 1. The van der Waals surface area contributed by atoms with Gasteiger partial charge in [-0.05, 0) is 78.9 Å². The highest BCUT2D eigenvalue weighted by Gasteiger charge is 2.28. The Bertz CT molecular complexity index is 2060. The van der Waals surface area contributed by atoms with E-state index < -0.39 is 5.97 Å². The van der Waals surface area contributed by atoms with Gasteiger partial charge in [0.05, 0.1) is 22.7 Å². The molecule has 2 atom stereocenters. The van der Waals surface area contributed by atoms with Crippen LogP contribution in [0.3, 0.4) is 0 Å². The fourth-order valence-electron chi connectivity index (χ4n) is 6.80. The fourth-order valence-corrected chi connectivity index (χ4v) is 7.07. The molecule has 0 radical (unpaired) electrons. The lowest BCUT2D eigenvalue weighted by Gasteiger charge is -2.17. The SMILES string of the molecule is Cc1c(Nc2nccc3cc(CN4CC[C@@H](C(=O)O)C4)cnc23)cccc1-c1cccc(NC(=O)c2ccc(CN3CC[C@@H](O)C3)cn2)c1Cl. The zero-order valence-electron chi connectivity index (χ0n) is 27.6. The van der Waals surface area contributed by atoms with Crippen molar-refractivity contribution in [3.8, 4) is 11.1 Å². The molecule has 5 heterocycles. The Morgan fingerprint density at radius 2 is 1.62 bits per heavy atom. The maximum Gasteiger partial charge on any atom is 0.307 e. The molecule has 4 N–H and O–H groups in total. The number of aliphatic hydroxyl groups excluding tert-OH is 1. The fraction of sp³-hybridized carbons (Fsp3) is 0.289. The van der Waals surface area contributed by atoms with Crippen LogP contribution in [0.15, 0.2) is 79.3 Å². The number of carbonyl (C=O) groups is 2. The number of likely N-dealkylation sites (tertiary alicyclic amines) is 2. The number of amides is 1. The Hall–Kier alpha value is -4.94. The summed E-state index contributed by atoms with van der Waals surface area (Å²) in [6.07, 6.45) is 6.43. The Morgan fingerprint density at radius 3 is 2.36 bits per heavy atom. The van der Waals surface area contributed by atoms with E-state index in [4.69, 9.17) is 16.6 Å². The van der Waals surface area contributed by atoms with Gasteiger partial charge in [-0.3, -0.25) is 29.4 Å². The Labute approximate surface area is 295 Å². The number of carbonyl (C=O) groups excluding carboxylic acids is 1. The van der Waals surface area contributed by atoms with Crippen LogP contribution in [-0.4, -0.2) is 79.1 Å². The normalized spacial score (nSPS) is 18.1. The molecule has 50 heavy (non-hydrogen) atoms. The van der Waals surface area contributed by atoms with E-state index in [-0.39, 0.29) is 23.6 Å². The first-order chi connectivity index (χ1) is 24.2. The summed E-state index contributed by atoms with van der Waals surface area (Å²) in [6, 6.07) is 19.0. The number of aromatic nitrogens is 3. The van der Waals surface area contributed by atoms with Crippen LogP contribution in [0.2, 0.25) is 5.02 Å². The molecule has 0 spiro atoms. The summed E-state index contributed by atoms with van der Waals surface area (Å²) in [5.41, 5.74) is 6.93. The Balaban J connectivity index is 1.06. The molecule has 0 bridgehead atoms. The minimum absolute atomic E-state index is 0.283. The van der Waals surface area contributed by atoms with Crippen molar-refractivity contribution < 1.29 is 19.8 Å². The van der Waals surface area contributed by atoms with E-state index >= 15 is 0 Å². The first kappa shape index (κ1) is 33.6. The second-order valence-corrected chi connectivity index (χ2v) is 13.5. The van der Waals surface area contributed by atoms with E-state index in [9.17, 15) is 19.8 Å². The number of aliphatic carboxylic acids is 1. The molecule has 1 amide bonds. The van der Waals surface area contributed by atoms with Crippen molar-refractivity contribution in [2.75, 3.05) is 36.8 Å². The lowest BCUT2D eigenvalue weighted by atomic mass is 9.98. The number of aliphatic hydroxyl groups is 1. The molecule has 0 unspecified atom stereocenters. The number of nitrogens with zero attached hydrogens (tertiary/aromatic N) is 5. The topological polar surface area (TPSA) is 144 Å². The van der Waals surface area contributed by atoms with Gasteiger partial charge in [0.1, 0.15) is 11.2 Å². The predicted molar refractivity (Wildman–Crippen MR) is 194 cm³/mol. The molecule has 12 heteroatoms. The van der Waals surface area contributed by atoms with Crippen molar-refractivity contribution in [3.05, 3.63) is 107 Å². The third-order valence-corrected chi connectivity index (χ3v) is 9.93. The number of halogens is 1. The number of hydrogen-bond acceptors (Lipinski definition) is 9. The van der Waals surface area contributed by atoms with Crippen molar-refractivity contribution in [3.63, 3.8) is 0 Å². The first-order valence-electron chi connectivity index (χ1n) is 16.7. The second kappa shape index (κ2) is 14.5. The van der Waals surface area contributed by atoms with Crippen LogP contribution in [0.5, 0.6) is 0 Å². The van der Waals surface area contributed by atoms with Crippen LogP contribution in [0.1, 0.15) is 40.0 Å². The van der Waals surface area contributed by atoms with Gasteiger partial charge >= 0.3 is 5.97 Å². The molecule has 2 aliphatic heterocycles. The number of hydrogen-bond donors (Lipinski definition) is 4. The van der Waals surface area contributed by atoms with Crippen LogP contribution >= 0.6 is 11.6 Å². The molecule has 11 nitrogen and oxygen atoms in total. The van der Waals surface area contributed by atoms with Gasteiger partial charge in [0.2, 0.25) is 0 Å². The third-order valence-electron chi connectivity index (χ3n) is 9.52. The molecule has 2 aromatic carbocycles. The van der Waals surface area contributed by atoms with Gasteiger partial charge in [-0.1, -0.05) is 41.9 Å². The lowest BCUT2D eigenvalue weighted by Crippen LogP contribution is -2.22. The summed E-state index contributed by atoms with van der Waals surface area (Å²) < 4.78 is 0. The zero-order valence-corrected chi connectivity index (χ0v) is 28.4. The van der Waals surface area contributed by atoms with Crippen molar-refractivity contribution in [2.24, 2.45) is 5.92 Å². The van der Waals surface area contributed by atoms with E-state index in [0.29, 0.717) is 49.1 Å². The molecule has 0 saturated carbocycles.